The molecule has 2 N–H and O–H groups in total. The molecular formula is C14H13Br2NO2S. The van der Waals surface area contributed by atoms with Gasteiger partial charge in [-0.1, -0.05) is 31.9 Å². The van der Waals surface area contributed by atoms with Gasteiger partial charge in [-0.15, -0.1) is 0 Å². The van der Waals surface area contributed by atoms with E-state index >= 15 is 0 Å². The van der Waals surface area contributed by atoms with Gasteiger partial charge in [0.05, 0.1) is 28.6 Å². The van der Waals surface area contributed by atoms with Crippen molar-refractivity contribution in [2.75, 3.05) is 12.8 Å². The summed E-state index contributed by atoms with van der Waals surface area (Å²) >= 11 is 6.80. The Labute approximate surface area is 137 Å². The average Bonchev–Trinajstić information content (AvgIpc) is 2.41. The summed E-state index contributed by atoms with van der Waals surface area (Å²) in [7, 11) is 0.402. The minimum Gasteiger partial charge on any atom is -0.497 e. The Morgan fingerprint density at radius 3 is 2.60 bits per heavy atom. The first kappa shape index (κ1) is 15.5. The summed E-state index contributed by atoms with van der Waals surface area (Å²) in [5.41, 5.74) is 7.36. The van der Waals surface area contributed by atoms with Crippen LogP contribution in [-0.2, 0) is 16.6 Å². The molecule has 2 rings (SSSR count). The van der Waals surface area contributed by atoms with Crippen molar-refractivity contribution in [1.29, 1.82) is 0 Å². The van der Waals surface area contributed by atoms with Gasteiger partial charge >= 0.3 is 0 Å². The summed E-state index contributed by atoms with van der Waals surface area (Å²) in [5, 5.41) is 0. The van der Waals surface area contributed by atoms with Crippen molar-refractivity contribution in [2.24, 2.45) is 0 Å². The van der Waals surface area contributed by atoms with E-state index in [-0.39, 0.29) is 0 Å². The van der Waals surface area contributed by atoms with E-state index in [0.29, 0.717) is 16.3 Å². The minimum absolute atomic E-state index is 0.379. The summed E-state index contributed by atoms with van der Waals surface area (Å²) in [5.74, 6) is 1.12. The lowest BCUT2D eigenvalue weighted by Crippen LogP contribution is -2.02. The monoisotopic (exact) mass is 417 g/mol. The van der Waals surface area contributed by atoms with Gasteiger partial charge in [-0.05, 0) is 42.0 Å². The molecule has 0 heterocycles. The zero-order chi connectivity index (χ0) is 14.7. The highest BCUT2D eigenvalue weighted by molar-refractivity contribution is 9.10. The molecule has 0 aliphatic carbocycles. The molecule has 0 aromatic heterocycles. The number of anilines is 1. The van der Waals surface area contributed by atoms with Crippen molar-refractivity contribution >= 4 is 48.3 Å². The van der Waals surface area contributed by atoms with Crippen LogP contribution >= 0.6 is 31.9 Å². The standard InChI is InChI=1S/C14H13Br2NO2S/c1-19-11-3-4-12(16)9(6-11)8-20(18)14-5-2-10(15)7-13(14)17/h2-7H,8,17H2,1H3. The third kappa shape index (κ3) is 3.62. The second-order valence-corrected chi connectivity index (χ2v) is 7.32. The van der Waals surface area contributed by atoms with Gasteiger partial charge < -0.3 is 10.5 Å². The number of hydrogen-bond acceptors (Lipinski definition) is 3. The first-order chi connectivity index (χ1) is 9.51. The lowest BCUT2D eigenvalue weighted by atomic mass is 10.2. The Bertz CT molecular complexity index is 662. The number of methoxy groups -OCH3 is 1. The summed E-state index contributed by atoms with van der Waals surface area (Å²) < 4.78 is 19.4. The van der Waals surface area contributed by atoms with E-state index in [1.165, 1.54) is 0 Å². The van der Waals surface area contributed by atoms with Gasteiger partial charge in [-0.25, -0.2) is 0 Å². The predicted octanol–water partition coefficient (Wildman–Crippen LogP) is 4.11. The van der Waals surface area contributed by atoms with Gasteiger partial charge in [0.1, 0.15) is 5.75 Å². The summed E-state index contributed by atoms with van der Waals surface area (Å²) in [6.07, 6.45) is 0. The van der Waals surface area contributed by atoms with Crippen LogP contribution in [0.1, 0.15) is 5.56 Å². The van der Waals surface area contributed by atoms with Crippen LogP contribution in [0.25, 0.3) is 0 Å². The van der Waals surface area contributed by atoms with Gasteiger partial charge in [0.2, 0.25) is 0 Å². The second kappa shape index (κ2) is 6.74. The van der Waals surface area contributed by atoms with Gasteiger partial charge in [0.15, 0.2) is 0 Å². The molecule has 20 heavy (non-hydrogen) atoms. The molecule has 1 atom stereocenters. The van der Waals surface area contributed by atoms with Crippen molar-refractivity contribution in [1.82, 2.24) is 0 Å². The number of benzene rings is 2. The van der Waals surface area contributed by atoms with E-state index in [4.69, 9.17) is 10.5 Å². The van der Waals surface area contributed by atoms with Crippen LogP contribution in [0.15, 0.2) is 50.2 Å². The number of nitrogens with two attached hydrogens (primary N) is 1. The Balaban J connectivity index is 2.27. The smallest absolute Gasteiger partial charge is 0.119 e. The predicted molar refractivity (Wildman–Crippen MR) is 89.4 cm³/mol. The molecule has 0 spiro atoms. The SMILES string of the molecule is COc1ccc(Br)c(CS(=O)c2ccc(Br)cc2N)c1. The van der Waals surface area contributed by atoms with Crippen LogP contribution in [-0.4, -0.2) is 11.3 Å². The highest BCUT2D eigenvalue weighted by Gasteiger charge is 2.12. The maximum absolute atomic E-state index is 12.5. The lowest BCUT2D eigenvalue weighted by molar-refractivity contribution is 0.414. The Hall–Kier alpha value is -0.850. The molecule has 2 aromatic carbocycles. The Morgan fingerprint density at radius 2 is 1.95 bits per heavy atom. The van der Waals surface area contributed by atoms with Crippen LogP contribution in [0.4, 0.5) is 5.69 Å². The summed E-state index contributed by atoms with van der Waals surface area (Å²) in [6, 6.07) is 11.0. The van der Waals surface area contributed by atoms with Gasteiger partial charge in [0.25, 0.3) is 0 Å². The number of halogens is 2. The molecule has 106 valence electrons. The normalized spacial score (nSPS) is 12.2. The van der Waals surface area contributed by atoms with Crippen LogP contribution in [0.5, 0.6) is 5.75 Å². The minimum atomic E-state index is -1.21. The van der Waals surface area contributed by atoms with Crippen LogP contribution in [0, 0.1) is 0 Å². The summed E-state index contributed by atoms with van der Waals surface area (Å²) in [6.45, 7) is 0. The fourth-order valence-electron chi connectivity index (χ4n) is 1.73. The maximum atomic E-state index is 12.5. The molecule has 6 heteroatoms. The zero-order valence-corrected chi connectivity index (χ0v) is 14.7. The maximum Gasteiger partial charge on any atom is 0.119 e. The molecule has 0 aliphatic heterocycles. The molecule has 0 saturated carbocycles. The Kier molecular flexibility index (Phi) is 5.23. The van der Waals surface area contributed by atoms with E-state index in [1.54, 1.807) is 19.2 Å². The molecule has 0 fully saturated rings. The molecule has 0 saturated heterocycles. The van der Waals surface area contributed by atoms with Crippen molar-refractivity contribution in [3.63, 3.8) is 0 Å². The molecule has 0 amide bonds. The number of rotatable bonds is 4. The first-order valence-electron chi connectivity index (χ1n) is 5.77. The highest BCUT2D eigenvalue weighted by Crippen LogP contribution is 2.27. The van der Waals surface area contributed by atoms with E-state index in [0.717, 1.165) is 20.3 Å². The second-order valence-electron chi connectivity index (χ2n) is 4.13. The largest absolute Gasteiger partial charge is 0.497 e. The average molecular weight is 419 g/mol. The first-order valence-corrected chi connectivity index (χ1v) is 8.67. The number of hydrogen-bond donors (Lipinski definition) is 1. The number of nitrogen functional groups attached to an aromatic ring is 1. The topological polar surface area (TPSA) is 52.3 Å². The lowest BCUT2D eigenvalue weighted by Gasteiger charge is -2.09. The fourth-order valence-corrected chi connectivity index (χ4v) is 3.90. The van der Waals surface area contributed by atoms with E-state index in [2.05, 4.69) is 31.9 Å². The van der Waals surface area contributed by atoms with E-state index in [1.807, 2.05) is 24.3 Å². The van der Waals surface area contributed by atoms with Crippen molar-refractivity contribution in [2.45, 2.75) is 10.6 Å². The zero-order valence-electron chi connectivity index (χ0n) is 10.7. The van der Waals surface area contributed by atoms with Crippen LogP contribution in [0.3, 0.4) is 0 Å². The third-order valence-corrected chi connectivity index (χ3v) is 5.46. The van der Waals surface area contributed by atoms with Crippen LogP contribution in [0.2, 0.25) is 0 Å². The summed E-state index contributed by atoms with van der Waals surface area (Å²) in [4.78, 5) is 0.642. The fraction of sp³-hybridized carbons (Fsp3) is 0.143. The molecule has 1 unspecified atom stereocenters. The van der Waals surface area contributed by atoms with Gasteiger partial charge in [-0.3, -0.25) is 4.21 Å². The highest BCUT2D eigenvalue weighted by atomic mass is 79.9. The molecule has 3 nitrogen and oxygen atoms in total. The van der Waals surface area contributed by atoms with Crippen molar-refractivity contribution in [3.05, 3.63) is 50.9 Å². The molecule has 0 radical (unpaired) electrons. The molecule has 0 aliphatic rings. The van der Waals surface area contributed by atoms with Gasteiger partial charge in [0, 0.05) is 14.6 Å². The van der Waals surface area contributed by atoms with Crippen LogP contribution < -0.4 is 10.5 Å². The quantitative estimate of drug-likeness (QED) is 0.760. The number of ether oxygens (including phenoxy) is 1. The van der Waals surface area contributed by atoms with E-state index in [9.17, 15) is 4.21 Å². The molecular weight excluding hydrogens is 406 g/mol. The molecule has 2 aromatic rings. The van der Waals surface area contributed by atoms with E-state index < -0.39 is 10.8 Å². The van der Waals surface area contributed by atoms with Crippen molar-refractivity contribution in [3.8, 4) is 5.75 Å². The Morgan fingerprint density at radius 1 is 1.20 bits per heavy atom. The van der Waals surface area contributed by atoms with Gasteiger partial charge in [-0.2, -0.15) is 0 Å². The third-order valence-electron chi connectivity index (χ3n) is 2.76. The molecule has 0 bridgehead atoms. The van der Waals surface area contributed by atoms with Crippen molar-refractivity contribution < 1.29 is 8.95 Å².